The summed E-state index contributed by atoms with van der Waals surface area (Å²) >= 11 is 0. The molecule has 2 rings (SSSR count). The van der Waals surface area contributed by atoms with Gasteiger partial charge in [-0.15, -0.1) is 0 Å². The van der Waals surface area contributed by atoms with Crippen LogP contribution in [0.1, 0.15) is 15.9 Å². The van der Waals surface area contributed by atoms with Crippen molar-refractivity contribution in [3.05, 3.63) is 53.9 Å². The number of hydrogen-bond acceptors (Lipinski definition) is 4. The van der Waals surface area contributed by atoms with Crippen molar-refractivity contribution in [1.29, 1.82) is 0 Å². The van der Waals surface area contributed by atoms with E-state index in [1.807, 2.05) is 24.3 Å². The number of nitrogens with two attached hydrogens (primary N) is 1. The molecule has 0 aliphatic heterocycles. The van der Waals surface area contributed by atoms with Gasteiger partial charge in [-0.2, -0.15) is 0 Å². The van der Waals surface area contributed by atoms with Crippen molar-refractivity contribution in [3.63, 3.8) is 0 Å². The predicted molar refractivity (Wildman–Crippen MR) is 77.7 cm³/mol. The van der Waals surface area contributed by atoms with Crippen LogP contribution in [0.5, 0.6) is 5.75 Å². The van der Waals surface area contributed by atoms with Crippen LogP contribution >= 0.6 is 0 Å². The van der Waals surface area contributed by atoms with E-state index in [-0.39, 0.29) is 5.91 Å². The first-order valence-corrected chi connectivity index (χ1v) is 6.31. The zero-order valence-corrected chi connectivity index (χ0v) is 11.3. The van der Waals surface area contributed by atoms with E-state index in [0.717, 1.165) is 17.7 Å². The first-order valence-electron chi connectivity index (χ1n) is 6.31. The Hall–Kier alpha value is -2.56. The fourth-order valence-corrected chi connectivity index (χ4v) is 1.86. The van der Waals surface area contributed by atoms with Crippen molar-refractivity contribution in [3.8, 4) is 5.75 Å². The molecule has 0 fully saturated rings. The third-order valence-corrected chi connectivity index (χ3v) is 2.93. The maximum absolute atomic E-state index is 11.9. The van der Waals surface area contributed by atoms with Gasteiger partial charge < -0.3 is 15.8 Å². The van der Waals surface area contributed by atoms with E-state index in [2.05, 4.69) is 10.3 Å². The van der Waals surface area contributed by atoms with E-state index < -0.39 is 0 Å². The van der Waals surface area contributed by atoms with Crippen LogP contribution in [0.15, 0.2) is 42.7 Å². The molecule has 0 radical (unpaired) electrons. The fraction of sp³-hybridized carbons (Fsp3) is 0.200. The highest BCUT2D eigenvalue weighted by atomic mass is 16.5. The number of nitrogen functional groups attached to an aromatic ring is 1. The quantitative estimate of drug-likeness (QED) is 0.866. The molecule has 5 nitrogen and oxygen atoms in total. The molecular formula is C15H17N3O2. The van der Waals surface area contributed by atoms with Crippen LogP contribution in [-0.2, 0) is 6.42 Å². The van der Waals surface area contributed by atoms with Gasteiger partial charge in [-0.3, -0.25) is 9.78 Å². The second kappa shape index (κ2) is 6.56. The van der Waals surface area contributed by atoms with Gasteiger partial charge in [0.1, 0.15) is 5.75 Å². The molecule has 1 amide bonds. The van der Waals surface area contributed by atoms with E-state index >= 15 is 0 Å². The molecule has 104 valence electrons. The van der Waals surface area contributed by atoms with Crippen LogP contribution in [0.2, 0.25) is 0 Å². The summed E-state index contributed by atoms with van der Waals surface area (Å²) in [7, 11) is 1.63. The number of ether oxygens (including phenoxy) is 1. The molecule has 0 bridgehead atoms. The van der Waals surface area contributed by atoms with E-state index in [4.69, 9.17) is 10.5 Å². The van der Waals surface area contributed by atoms with Crippen molar-refractivity contribution in [2.75, 3.05) is 19.4 Å². The van der Waals surface area contributed by atoms with E-state index in [1.54, 1.807) is 19.4 Å². The van der Waals surface area contributed by atoms with Crippen molar-refractivity contribution < 1.29 is 9.53 Å². The van der Waals surface area contributed by atoms with E-state index in [1.165, 1.54) is 6.20 Å². The number of anilines is 1. The van der Waals surface area contributed by atoms with Crippen LogP contribution in [0.4, 0.5) is 5.69 Å². The van der Waals surface area contributed by atoms with E-state index in [0.29, 0.717) is 17.8 Å². The summed E-state index contributed by atoms with van der Waals surface area (Å²) in [5, 5.41) is 2.84. The number of methoxy groups -OCH3 is 1. The Morgan fingerprint density at radius 3 is 3.00 bits per heavy atom. The molecule has 3 N–H and O–H groups in total. The molecule has 1 aromatic carbocycles. The first kappa shape index (κ1) is 13.9. The van der Waals surface area contributed by atoms with Gasteiger partial charge in [0.25, 0.3) is 5.91 Å². The molecule has 0 aliphatic carbocycles. The lowest BCUT2D eigenvalue weighted by atomic mass is 10.1. The maximum atomic E-state index is 11.9. The molecule has 5 heteroatoms. The van der Waals surface area contributed by atoms with Crippen LogP contribution in [0.25, 0.3) is 0 Å². The normalized spacial score (nSPS) is 10.1. The van der Waals surface area contributed by atoms with Crippen LogP contribution in [-0.4, -0.2) is 24.5 Å². The number of nitrogens with zero attached hydrogens (tertiary/aromatic N) is 1. The summed E-state index contributed by atoms with van der Waals surface area (Å²) in [4.78, 5) is 15.8. The average Bonchev–Trinajstić information content (AvgIpc) is 2.48. The van der Waals surface area contributed by atoms with Gasteiger partial charge in [0, 0.05) is 12.7 Å². The van der Waals surface area contributed by atoms with Gasteiger partial charge >= 0.3 is 0 Å². The monoisotopic (exact) mass is 271 g/mol. The highest BCUT2D eigenvalue weighted by Gasteiger charge is 2.08. The van der Waals surface area contributed by atoms with Crippen LogP contribution < -0.4 is 15.8 Å². The molecule has 1 heterocycles. The minimum atomic E-state index is -0.187. The summed E-state index contributed by atoms with van der Waals surface area (Å²) in [6.07, 6.45) is 3.75. The Bertz CT molecular complexity index is 599. The number of nitrogens with one attached hydrogen (secondary N) is 1. The van der Waals surface area contributed by atoms with Gasteiger partial charge in [0.15, 0.2) is 0 Å². The molecule has 20 heavy (non-hydrogen) atoms. The Morgan fingerprint density at radius 1 is 1.40 bits per heavy atom. The minimum absolute atomic E-state index is 0.187. The highest BCUT2D eigenvalue weighted by molar-refractivity contribution is 5.98. The first-order chi connectivity index (χ1) is 9.70. The zero-order valence-electron chi connectivity index (χ0n) is 11.3. The molecule has 0 spiro atoms. The standard InChI is InChI=1S/C15H17N3O2/c1-20-12-4-2-3-11(9-12)5-8-18-15(19)13-6-7-17-10-14(13)16/h2-4,6-7,9-10H,5,8,16H2,1H3,(H,18,19). The number of carbonyl (C=O) groups excluding carboxylic acids is 1. The third-order valence-electron chi connectivity index (χ3n) is 2.93. The predicted octanol–water partition coefficient (Wildman–Crippen LogP) is 1.64. The summed E-state index contributed by atoms with van der Waals surface area (Å²) in [5.41, 5.74) is 7.64. The molecular weight excluding hydrogens is 254 g/mol. The molecule has 0 saturated heterocycles. The number of aromatic nitrogens is 1. The van der Waals surface area contributed by atoms with Gasteiger partial charge in [-0.25, -0.2) is 0 Å². The smallest absolute Gasteiger partial charge is 0.253 e. The molecule has 0 aliphatic rings. The highest BCUT2D eigenvalue weighted by Crippen LogP contribution is 2.13. The summed E-state index contributed by atoms with van der Waals surface area (Å²) in [6, 6.07) is 9.37. The summed E-state index contributed by atoms with van der Waals surface area (Å²) < 4.78 is 5.16. The Balaban J connectivity index is 1.89. The lowest BCUT2D eigenvalue weighted by Crippen LogP contribution is -2.26. The third kappa shape index (κ3) is 3.47. The number of hydrogen-bond donors (Lipinski definition) is 2. The second-order valence-electron chi connectivity index (χ2n) is 4.32. The largest absolute Gasteiger partial charge is 0.497 e. The Labute approximate surface area is 117 Å². The van der Waals surface area contributed by atoms with Crippen molar-refractivity contribution in [2.24, 2.45) is 0 Å². The number of benzene rings is 1. The summed E-state index contributed by atoms with van der Waals surface area (Å²) in [6.45, 7) is 0.535. The fourth-order valence-electron chi connectivity index (χ4n) is 1.86. The minimum Gasteiger partial charge on any atom is -0.497 e. The number of carbonyl (C=O) groups is 1. The second-order valence-corrected chi connectivity index (χ2v) is 4.32. The zero-order chi connectivity index (χ0) is 14.4. The van der Waals surface area contributed by atoms with Crippen molar-refractivity contribution >= 4 is 11.6 Å². The molecule has 2 aromatic rings. The van der Waals surface area contributed by atoms with Gasteiger partial charge in [0.2, 0.25) is 0 Å². The molecule has 0 atom stereocenters. The Kier molecular flexibility index (Phi) is 4.55. The van der Waals surface area contributed by atoms with Gasteiger partial charge in [-0.05, 0) is 30.2 Å². The number of rotatable bonds is 5. The topological polar surface area (TPSA) is 77.2 Å². The van der Waals surface area contributed by atoms with Crippen molar-refractivity contribution in [2.45, 2.75) is 6.42 Å². The van der Waals surface area contributed by atoms with E-state index in [9.17, 15) is 4.79 Å². The average molecular weight is 271 g/mol. The molecule has 0 saturated carbocycles. The van der Waals surface area contributed by atoms with Crippen LogP contribution in [0, 0.1) is 0 Å². The lowest BCUT2D eigenvalue weighted by Gasteiger charge is -2.08. The number of pyridine rings is 1. The Morgan fingerprint density at radius 2 is 2.25 bits per heavy atom. The maximum Gasteiger partial charge on any atom is 0.253 e. The molecule has 0 unspecified atom stereocenters. The summed E-state index contributed by atoms with van der Waals surface area (Å²) in [5.74, 6) is 0.625. The SMILES string of the molecule is COc1cccc(CCNC(=O)c2ccncc2N)c1. The lowest BCUT2D eigenvalue weighted by molar-refractivity contribution is 0.0955. The number of amides is 1. The molecule has 1 aromatic heterocycles. The van der Waals surface area contributed by atoms with Gasteiger partial charge in [-0.1, -0.05) is 12.1 Å². The van der Waals surface area contributed by atoms with Crippen LogP contribution in [0.3, 0.4) is 0 Å². The van der Waals surface area contributed by atoms with Gasteiger partial charge in [0.05, 0.1) is 24.6 Å². The van der Waals surface area contributed by atoms with Crippen molar-refractivity contribution in [1.82, 2.24) is 10.3 Å².